The molecule has 3 fully saturated rings. The van der Waals surface area contributed by atoms with Crippen LogP contribution in [0.3, 0.4) is 0 Å². The van der Waals surface area contributed by atoms with Crippen LogP contribution in [0.2, 0.25) is 0 Å². The van der Waals surface area contributed by atoms with Gasteiger partial charge in [0, 0.05) is 12.2 Å². The van der Waals surface area contributed by atoms with Crippen LogP contribution in [0.1, 0.15) is 29.5 Å². The first-order valence-electron chi connectivity index (χ1n) is 14.2. The summed E-state index contributed by atoms with van der Waals surface area (Å²) in [6.07, 6.45) is 3.95. The highest BCUT2D eigenvalue weighted by molar-refractivity contribution is 6.05. The average molecular weight is 559 g/mol. The molecule has 5 rings (SSSR count). The number of hydrogen-bond acceptors (Lipinski definition) is 6. The number of ether oxygens (including phenoxy) is 2. The predicted octanol–water partition coefficient (Wildman–Crippen LogP) is 3.53. The number of para-hydroxylation sites is 1. The minimum Gasteiger partial charge on any atom is -0.461 e. The van der Waals surface area contributed by atoms with Crippen LogP contribution in [0.4, 0.5) is 5.69 Å². The van der Waals surface area contributed by atoms with Gasteiger partial charge >= 0.3 is 5.97 Å². The molecule has 2 aromatic rings. The van der Waals surface area contributed by atoms with E-state index in [1.807, 2.05) is 62.4 Å². The fourth-order valence-electron chi connectivity index (χ4n) is 7.21. The van der Waals surface area contributed by atoms with Crippen LogP contribution >= 0.6 is 0 Å². The molecule has 3 saturated heterocycles. The Morgan fingerprint density at radius 3 is 2.49 bits per heavy atom. The van der Waals surface area contributed by atoms with E-state index in [1.54, 1.807) is 11.0 Å². The number of anilines is 1. The van der Waals surface area contributed by atoms with Gasteiger partial charge in [-0.25, -0.2) is 0 Å². The van der Waals surface area contributed by atoms with E-state index >= 15 is 0 Å². The Morgan fingerprint density at radius 2 is 1.85 bits per heavy atom. The molecule has 1 N–H and O–H groups in total. The number of rotatable bonds is 11. The Bertz CT molecular complexity index is 1320. The van der Waals surface area contributed by atoms with Crippen molar-refractivity contribution in [3.63, 3.8) is 0 Å². The molecule has 3 aliphatic heterocycles. The van der Waals surface area contributed by atoms with Gasteiger partial charge in [-0.2, -0.15) is 0 Å². The number of nitrogens with zero attached hydrogens (tertiary/aromatic N) is 2. The molecule has 6 atom stereocenters. The number of hydrogen-bond donors (Lipinski definition) is 1. The topological polar surface area (TPSA) is 96.4 Å². The summed E-state index contributed by atoms with van der Waals surface area (Å²) in [4.78, 5) is 45.7. The van der Waals surface area contributed by atoms with Gasteiger partial charge in [-0.3, -0.25) is 14.4 Å². The second kappa shape index (κ2) is 11.6. The molecule has 3 heterocycles. The molecule has 1 spiro atoms. The van der Waals surface area contributed by atoms with Gasteiger partial charge in [0.25, 0.3) is 5.91 Å². The monoisotopic (exact) mass is 558 g/mol. The van der Waals surface area contributed by atoms with Crippen LogP contribution < -0.4 is 4.90 Å². The summed E-state index contributed by atoms with van der Waals surface area (Å²) in [7, 11) is 0. The Hall–Kier alpha value is -3.75. The smallest absolute Gasteiger partial charge is 0.312 e. The number of aliphatic hydroxyl groups is 1. The van der Waals surface area contributed by atoms with Crippen molar-refractivity contribution < 1.29 is 29.0 Å². The molecule has 8 heteroatoms. The fourth-order valence-corrected chi connectivity index (χ4v) is 7.21. The van der Waals surface area contributed by atoms with Gasteiger partial charge in [0.15, 0.2) is 0 Å². The second-order valence-electron chi connectivity index (χ2n) is 11.2. The third-order valence-electron chi connectivity index (χ3n) is 8.79. The van der Waals surface area contributed by atoms with Crippen molar-refractivity contribution in [1.82, 2.24) is 4.90 Å². The number of amides is 2. The zero-order valence-electron chi connectivity index (χ0n) is 23.7. The van der Waals surface area contributed by atoms with Crippen molar-refractivity contribution >= 4 is 23.5 Å². The third-order valence-corrected chi connectivity index (χ3v) is 8.79. The van der Waals surface area contributed by atoms with E-state index in [2.05, 4.69) is 13.2 Å². The maximum atomic E-state index is 14.8. The predicted molar refractivity (Wildman–Crippen MR) is 155 cm³/mol. The summed E-state index contributed by atoms with van der Waals surface area (Å²) in [5.41, 5.74) is 2.29. The van der Waals surface area contributed by atoms with Crippen LogP contribution in [-0.2, 0) is 30.3 Å². The average Bonchev–Trinajstić information content (AvgIpc) is 3.61. The fraction of sp³-hybridized carbons (Fsp3) is 0.424. The Balaban J connectivity index is 1.62. The summed E-state index contributed by atoms with van der Waals surface area (Å²) in [5.74, 6) is -2.92. The van der Waals surface area contributed by atoms with E-state index in [1.165, 1.54) is 11.0 Å². The highest BCUT2D eigenvalue weighted by atomic mass is 16.6. The molecule has 0 saturated carbocycles. The van der Waals surface area contributed by atoms with Crippen molar-refractivity contribution in [2.75, 3.05) is 24.7 Å². The van der Waals surface area contributed by atoms with E-state index in [0.717, 1.165) is 22.4 Å². The lowest BCUT2D eigenvalue weighted by molar-refractivity contribution is -0.154. The molecular weight excluding hydrogens is 520 g/mol. The molecule has 0 aromatic heterocycles. The molecule has 41 heavy (non-hydrogen) atoms. The first-order chi connectivity index (χ1) is 19.8. The number of esters is 1. The lowest BCUT2D eigenvalue weighted by Gasteiger charge is -2.40. The zero-order valence-corrected chi connectivity index (χ0v) is 23.7. The SMILES string of the molecule is C=CCOC(=O)[C@@H]1[C@@H]2CCC3(O2)C(C(=O)N(CC=C)c2c(C)cccc2C)N([C@@H](CO)Cc2ccccc2)C(=O)[C@H]13. The largest absolute Gasteiger partial charge is 0.461 e. The Labute approximate surface area is 241 Å². The molecule has 0 radical (unpaired) electrons. The third kappa shape index (κ3) is 4.79. The molecule has 2 aromatic carbocycles. The number of carbonyl (C=O) groups excluding carboxylic acids is 3. The van der Waals surface area contributed by atoms with Crippen molar-refractivity contribution in [3.05, 3.63) is 90.5 Å². The van der Waals surface area contributed by atoms with E-state index in [4.69, 9.17) is 9.47 Å². The highest BCUT2D eigenvalue weighted by Crippen LogP contribution is 2.59. The van der Waals surface area contributed by atoms with E-state index in [0.29, 0.717) is 19.3 Å². The van der Waals surface area contributed by atoms with E-state index < -0.39 is 41.6 Å². The number of likely N-dealkylation sites (tertiary alicyclic amines) is 1. The van der Waals surface area contributed by atoms with Crippen molar-refractivity contribution in [2.45, 2.75) is 56.9 Å². The van der Waals surface area contributed by atoms with Gasteiger partial charge in [0.05, 0.1) is 30.6 Å². The quantitative estimate of drug-likeness (QED) is 0.335. The maximum Gasteiger partial charge on any atom is 0.312 e. The summed E-state index contributed by atoms with van der Waals surface area (Å²) in [6, 6.07) is 13.6. The lowest BCUT2D eigenvalue weighted by atomic mass is 9.70. The number of fused-ring (bicyclic) bond motifs is 1. The number of benzene rings is 2. The summed E-state index contributed by atoms with van der Waals surface area (Å²) in [5, 5.41) is 10.7. The molecule has 2 amide bonds. The standard InChI is InChI=1S/C33H38N2O6/c1-5-17-34(28-21(3)11-10-12-22(28)4)31(38)29-33-16-15-25(41-33)26(32(39)40-18-6-2)27(33)30(37)35(29)24(20-36)19-23-13-8-7-9-14-23/h5-14,24-27,29,36H,1-2,15-20H2,3-4H3/t24-,25+,26-,27+,29?,33?/m1/s1. The first-order valence-corrected chi connectivity index (χ1v) is 14.2. The Kier molecular flexibility index (Phi) is 8.16. The molecule has 2 bridgehead atoms. The Morgan fingerprint density at radius 1 is 1.15 bits per heavy atom. The van der Waals surface area contributed by atoms with Crippen LogP contribution in [0.5, 0.6) is 0 Å². The van der Waals surface area contributed by atoms with Gasteiger partial charge in [-0.05, 0) is 49.8 Å². The number of aliphatic hydroxyl groups excluding tert-OH is 1. The van der Waals surface area contributed by atoms with Crippen molar-refractivity contribution in [1.29, 1.82) is 0 Å². The minimum absolute atomic E-state index is 0.0228. The molecule has 8 nitrogen and oxygen atoms in total. The van der Waals surface area contributed by atoms with Crippen LogP contribution in [0.15, 0.2) is 73.8 Å². The lowest BCUT2D eigenvalue weighted by Crippen LogP contribution is -2.59. The number of aryl methyl sites for hydroxylation is 2. The summed E-state index contributed by atoms with van der Waals surface area (Å²) < 4.78 is 12.0. The molecule has 2 unspecified atom stereocenters. The summed E-state index contributed by atoms with van der Waals surface area (Å²) in [6.45, 7) is 11.3. The second-order valence-corrected chi connectivity index (χ2v) is 11.2. The molecule has 216 valence electrons. The normalized spacial score (nSPS) is 26.9. The van der Waals surface area contributed by atoms with Gasteiger partial charge in [0.2, 0.25) is 5.91 Å². The summed E-state index contributed by atoms with van der Waals surface area (Å²) >= 11 is 0. The first kappa shape index (κ1) is 28.8. The van der Waals surface area contributed by atoms with Gasteiger partial charge in [0.1, 0.15) is 18.2 Å². The highest BCUT2D eigenvalue weighted by Gasteiger charge is 2.75. The van der Waals surface area contributed by atoms with Gasteiger partial charge < -0.3 is 24.4 Å². The molecule has 0 aliphatic carbocycles. The van der Waals surface area contributed by atoms with Crippen LogP contribution in [0, 0.1) is 25.7 Å². The van der Waals surface area contributed by atoms with Gasteiger partial charge in [-0.1, -0.05) is 67.3 Å². The maximum absolute atomic E-state index is 14.8. The van der Waals surface area contributed by atoms with Crippen molar-refractivity contribution in [2.24, 2.45) is 11.8 Å². The molecule has 3 aliphatic rings. The van der Waals surface area contributed by atoms with Crippen LogP contribution in [0.25, 0.3) is 0 Å². The van der Waals surface area contributed by atoms with Crippen LogP contribution in [-0.4, -0.2) is 71.3 Å². The number of carbonyl (C=O) groups is 3. The minimum atomic E-state index is -1.21. The van der Waals surface area contributed by atoms with Crippen molar-refractivity contribution in [3.8, 4) is 0 Å². The van der Waals surface area contributed by atoms with E-state index in [-0.39, 0.29) is 31.6 Å². The zero-order chi connectivity index (χ0) is 29.3. The van der Waals surface area contributed by atoms with Gasteiger partial charge in [-0.15, -0.1) is 6.58 Å². The molecular formula is C33H38N2O6. The van der Waals surface area contributed by atoms with E-state index in [9.17, 15) is 19.5 Å².